The Kier molecular flexibility index (Phi) is 5.38. The van der Waals surface area contributed by atoms with E-state index in [0.29, 0.717) is 6.04 Å². The van der Waals surface area contributed by atoms with Gasteiger partial charge in [0, 0.05) is 13.1 Å². The van der Waals surface area contributed by atoms with Crippen molar-refractivity contribution in [2.24, 2.45) is 7.05 Å². The topological polar surface area (TPSA) is 29.9 Å². The summed E-state index contributed by atoms with van der Waals surface area (Å²) in [6.45, 7) is 2.04. The molecule has 2 aromatic rings. The quantitative estimate of drug-likeness (QED) is 0.870. The van der Waals surface area contributed by atoms with E-state index in [4.69, 9.17) is 0 Å². The van der Waals surface area contributed by atoms with Gasteiger partial charge in [-0.1, -0.05) is 30.3 Å². The van der Waals surface area contributed by atoms with E-state index in [9.17, 15) is 0 Å². The summed E-state index contributed by atoms with van der Waals surface area (Å²) in [5.74, 6) is 0. The fraction of sp³-hybridized carbons (Fsp3) is 0.438. The van der Waals surface area contributed by atoms with E-state index < -0.39 is 0 Å². The van der Waals surface area contributed by atoms with Crippen molar-refractivity contribution in [2.45, 2.75) is 32.2 Å². The van der Waals surface area contributed by atoms with Crippen LogP contribution in [0.25, 0.3) is 0 Å². The lowest BCUT2D eigenvalue weighted by Gasteiger charge is -2.16. The summed E-state index contributed by atoms with van der Waals surface area (Å²) in [4.78, 5) is 0. The molecule has 1 aromatic heterocycles. The van der Waals surface area contributed by atoms with Crippen molar-refractivity contribution >= 4 is 15.9 Å². The molecule has 20 heavy (non-hydrogen) atoms. The summed E-state index contributed by atoms with van der Waals surface area (Å²) in [6.07, 6.45) is 3.30. The molecule has 0 radical (unpaired) electrons. The number of nitrogens with one attached hydrogen (secondary N) is 1. The highest BCUT2D eigenvalue weighted by Gasteiger charge is 2.12. The summed E-state index contributed by atoms with van der Waals surface area (Å²) in [5.41, 5.74) is 3.70. The van der Waals surface area contributed by atoms with Gasteiger partial charge >= 0.3 is 0 Å². The van der Waals surface area contributed by atoms with Crippen LogP contribution in [0.3, 0.4) is 0 Å². The summed E-state index contributed by atoms with van der Waals surface area (Å²) in [6, 6.07) is 11.0. The SMILES string of the molecule is CNC(CCCc1c(Br)c(C)nn1C)c1ccccc1. The third-order valence-corrected chi connectivity index (χ3v) is 4.75. The first kappa shape index (κ1) is 15.3. The second kappa shape index (κ2) is 7.04. The Morgan fingerprint density at radius 2 is 2.00 bits per heavy atom. The molecule has 0 bridgehead atoms. The maximum atomic E-state index is 4.44. The van der Waals surface area contributed by atoms with Gasteiger partial charge in [-0.3, -0.25) is 4.68 Å². The molecule has 0 aliphatic rings. The van der Waals surface area contributed by atoms with E-state index in [1.807, 2.05) is 25.7 Å². The zero-order valence-electron chi connectivity index (χ0n) is 12.4. The number of rotatable bonds is 6. The van der Waals surface area contributed by atoms with Crippen LogP contribution < -0.4 is 5.32 Å². The average Bonchev–Trinajstić information content (AvgIpc) is 2.70. The Hall–Kier alpha value is -1.13. The molecule has 0 aliphatic carbocycles. The van der Waals surface area contributed by atoms with Crippen molar-refractivity contribution < 1.29 is 0 Å². The monoisotopic (exact) mass is 335 g/mol. The van der Waals surface area contributed by atoms with E-state index in [-0.39, 0.29) is 0 Å². The molecule has 0 saturated heterocycles. The van der Waals surface area contributed by atoms with Crippen molar-refractivity contribution in [3.63, 3.8) is 0 Å². The molecule has 0 spiro atoms. The summed E-state index contributed by atoms with van der Waals surface area (Å²) in [5, 5.41) is 7.85. The van der Waals surface area contributed by atoms with Gasteiger partial charge in [0.25, 0.3) is 0 Å². The molecule has 1 aromatic carbocycles. The predicted molar refractivity (Wildman–Crippen MR) is 86.8 cm³/mol. The molecule has 3 nitrogen and oxygen atoms in total. The Morgan fingerprint density at radius 1 is 1.30 bits per heavy atom. The smallest absolute Gasteiger partial charge is 0.0738 e. The van der Waals surface area contributed by atoms with Crippen LogP contribution in [0.15, 0.2) is 34.8 Å². The van der Waals surface area contributed by atoms with Gasteiger partial charge in [-0.15, -0.1) is 0 Å². The molecule has 0 amide bonds. The van der Waals surface area contributed by atoms with Crippen LogP contribution in [0.5, 0.6) is 0 Å². The van der Waals surface area contributed by atoms with Crippen molar-refractivity contribution in [3.8, 4) is 0 Å². The summed E-state index contributed by atoms with van der Waals surface area (Å²) < 4.78 is 3.14. The fourth-order valence-corrected chi connectivity index (χ4v) is 3.12. The molecule has 1 unspecified atom stereocenters. The van der Waals surface area contributed by atoms with E-state index in [0.717, 1.165) is 29.4 Å². The highest BCUT2D eigenvalue weighted by Crippen LogP contribution is 2.24. The largest absolute Gasteiger partial charge is 0.313 e. The predicted octanol–water partition coefficient (Wildman–Crippen LogP) is 3.77. The number of halogens is 1. The summed E-state index contributed by atoms with van der Waals surface area (Å²) >= 11 is 3.63. The third kappa shape index (κ3) is 3.49. The van der Waals surface area contributed by atoms with Crippen LogP contribution in [0.4, 0.5) is 0 Å². The van der Waals surface area contributed by atoms with E-state index in [2.05, 4.69) is 56.7 Å². The first-order valence-electron chi connectivity index (χ1n) is 7.03. The standard InChI is InChI=1S/C16H22BrN3/c1-12-16(17)15(20(3)19-12)11-7-10-14(18-2)13-8-5-4-6-9-13/h4-6,8-9,14,18H,7,10-11H2,1-3H3. The highest BCUT2D eigenvalue weighted by atomic mass is 79.9. The first-order valence-corrected chi connectivity index (χ1v) is 7.83. The molecule has 0 saturated carbocycles. The van der Waals surface area contributed by atoms with Gasteiger partial charge in [0.05, 0.1) is 15.9 Å². The molecular weight excluding hydrogens is 314 g/mol. The fourth-order valence-electron chi connectivity index (χ4n) is 2.59. The number of benzene rings is 1. The lowest BCUT2D eigenvalue weighted by Crippen LogP contribution is -2.16. The minimum Gasteiger partial charge on any atom is -0.313 e. The Morgan fingerprint density at radius 3 is 2.55 bits per heavy atom. The Labute approximate surface area is 129 Å². The molecule has 4 heteroatoms. The number of hydrogen-bond donors (Lipinski definition) is 1. The molecule has 0 fully saturated rings. The molecule has 1 N–H and O–H groups in total. The van der Waals surface area contributed by atoms with Gasteiger partial charge in [-0.25, -0.2) is 0 Å². The summed E-state index contributed by atoms with van der Waals surface area (Å²) in [7, 11) is 4.04. The Balaban J connectivity index is 1.95. The first-order chi connectivity index (χ1) is 9.63. The lowest BCUT2D eigenvalue weighted by molar-refractivity contribution is 0.519. The number of aromatic nitrogens is 2. The maximum absolute atomic E-state index is 4.44. The van der Waals surface area contributed by atoms with E-state index in [1.165, 1.54) is 11.3 Å². The molecule has 0 aliphatic heterocycles. The van der Waals surface area contributed by atoms with Crippen LogP contribution in [-0.4, -0.2) is 16.8 Å². The van der Waals surface area contributed by atoms with Gasteiger partial charge in [0.1, 0.15) is 0 Å². The van der Waals surface area contributed by atoms with Gasteiger partial charge in [-0.2, -0.15) is 5.10 Å². The number of aryl methyl sites for hydroxylation is 2. The minimum atomic E-state index is 0.421. The van der Waals surface area contributed by atoms with Crippen molar-refractivity contribution in [1.29, 1.82) is 0 Å². The van der Waals surface area contributed by atoms with Crippen molar-refractivity contribution in [1.82, 2.24) is 15.1 Å². The molecular formula is C16H22BrN3. The van der Waals surface area contributed by atoms with Crippen molar-refractivity contribution in [2.75, 3.05) is 7.05 Å². The average molecular weight is 336 g/mol. The molecule has 1 atom stereocenters. The van der Waals surface area contributed by atoms with Gasteiger partial charge in [0.2, 0.25) is 0 Å². The van der Waals surface area contributed by atoms with Gasteiger partial charge in [-0.05, 0) is 54.7 Å². The van der Waals surface area contributed by atoms with Crippen LogP contribution >= 0.6 is 15.9 Å². The zero-order chi connectivity index (χ0) is 14.5. The van der Waals surface area contributed by atoms with Crippen LogP contribution in [-0.2, 0) is 13.5 Å². The lowest BCUT2D eigenvalue weighted by atomic mass is 10.0. The van der Waals surface area contributed by atoms with Crippen molar-refractivity contribution in [3.05, 3.63) is 51.8 Å². The maximum Gasteiger partial charge on any atom is 0.0738 e. The normalized spacial score (nSPS) is 12.6. The van der Waals surface area contributed by atoms with E-state index >= 15 is 0 Å². The van der Waals surface area contributed by atoms with Crippen LogP contribution in [0, 0.1) is 6.92 Å². The van der Waals surface area contributed by atoms with Gasteiger partial charge in [0.15, 0.2) is 0 Å². The highest BCUT2D eigenvalue weighted by molar-refractivity contribution is 9.10. The number of nitrogens with zero attached hydrogens (tertiary/aromatic N) is 2. The molecule has 1 heterocycles. The van der Waals surface area contributed by atoms with Crippen LogP contribution in [0.1, 0.15) is 35.8 Å². The van der Waals surface area contributed by atoms with E-state index in [1.54, 1.807) is 0 Å². The number of hydrogen-bond acceptors (Lipinski definition) is 2. The Bertz CT molecular complexity index is 548. The third-order valence-electron chi connectivity index (χ3n) is 3.72. The molecule has 2 rings (SSSR count). The van der Waals surface area contributed by atoms with Crippen LogP contribution in [0.2, 0.25) is 0 Å². The minimum absolute atomic E-state index is 0.421. The second-order valence-corrected chi connectivity index (χ2v) is 5.91. The van der Waals surface area contributed by atoms with Gasteiger partial charge < -0.3 is 5.32 Å². The second-order valence-electron chi connectivity index (χ2n) is 5.11. The molecule has 108 valence electrons. The zero-order valence-corrected chi connectivity index (χ0v) is 13.9.